The molecular formula is C15H26ClN5O3. The number of piperidine rings is 1. The van der Waals surface area contributed by atoms with Crippen LogP contribution in [0.15, 0.2) is 0 Å². The topological polar surface area (TPSA) is 104 Å². The summed E-state index contributed by atoms with van der Waals surface area (Å²) in [5, 5.41) is 21.0. The van der Waals surface area contributed by atoms with E-state index in [1.165, 1.54) is 0 Å². The Morgan fingerprint density at radius 3 is 2.67 bits per heavy atom. The Balaban J connectivity index is 0.00000288. The number of hydrogen-bond acceptors (Lipinski definition) is 5. The van der Waals surface area contributed by atoms with Crippen molar-refractivity contribution < 1.29 is 9.72 Å². The third kappa shape index (κ3) is 4.67. The monoisotopic (exact) mass is 359 g/mol. The molecule has 0 radical (unpaired) electrons. The SMILES string of the molecule is CCCc1[nH]nc(C(=O)N2CCC(CCNC)CC2)c1[N+](=O)[O-].Cl. The van der Waals surface area contributed by atoms with E-state index in [0.29, 0.717) is 31.1 Å². The Morgan fingerprint density at radius 2 is 2.12 bits per heavy atom. The summed E-state index contributed by atoms with van der Waals surface area (Å²) < 4.78 is 0. The number of aromatic amines is 1. The van der Waals surface area contributed by atoms with Crippen LogP contribution in [-0.2, 0) is 6.42 Å². The largest absolute Gasteiger partial charge is 0.337 e. The van der Waals surface area contributed by atoms with E-state index in [1.807, 2.05) is 14.0 Å². The van der Waals surface area contributed by atoms with Crippen LogP contribution in [0.3, 0.4) is 0 Å². The number of nitro groups is 1. The molecule has 0 aromatic carbocycles. The maximum absolute atomic E-state index is 12.6. The summed E-state index contributed by atoms with van der Waals surface area (Å²) in [6, 6.07) is 0. The average Bonchev–Trinajstić information content (AvgIpc) is 2.97. The van der Waals surface area contributed by atoms with Gasteiger partial charge in [-0.1, -0.05) is 13.3 Å². The van der Waals surface area contributed by atoms with Crippen molar-refractivity contribution in [2.75, 3.05) is 26.7 Å². The Labute approximate surface area is 147 Å². The van der Waals surface area contributed by atoms with Crippen molar-refractivity contribution in [3.05, 3.63) is 21.5 Å². The first-order valence-electron chi connectivity index (χ1n) is 8.24. The summed E-state index contributed by atoms with van der Waals surface area (Å²) in [4.78, 5) is 25.1. The Bertz CT molecular complexity index is 555. The van der Waals surface area contributed by atoms with Crippen LogP contribution < -0.4 is 5.32 Å². The molecule has 136 valence electrons. The number of carbonyl (C=O) groups excluding carboxylic acids is 1. The Hall–Kier alpha value is -1.67. The lowest BCUT2D eigenvalue weighted by Gasteiger charge is -2.31. The second-order valence-electron chi connectivity index (χ2n) is 6.03. The van der Waals surface area contributed by atoms with Crippen molar-refractivity contribution in [2.45, 2.75) is 39.0 Å². The van der Waals surface area contributed by atoms with Gasteiger partial charge in [-0.25, -0.2) is 0 Å². The smallest absolute Gasteiger partial charge is 0.322 e. The fourth-order valence-electron chi connectivity index (χ4n) is 3.07. The van der Waals surface area contributed by atoms with Crippen molar-refractivity contribution >= 4 is 24.0 Å². The van der Waals surface area contributed by atoms with E-state index in [-0.39, 0.29) is 29.7 Å². The lowest BCUT2D eigenvalue weighted by Crippen LogP contribution is -2.39. The minimum absolute atomic E-state index is 0. The predicted molar refractivity (Wildman–Crippen MR) is 93.7 cm³/mol. The molecule has 0 aliphatic carbocycles. The molecule has 1 aliphatic heterocycles. The lowest BCUT2D eigenvalue weighted by molar-refractivity contribution is -0.385. The first-order chi connectivity index (χ1) is 11.1. The number of nitrogens with one attached hydrogen (secondary N) is 2. The molecule has 1 saturated heterocycles. The molecule has 1 aliphatic rings. The summed E-state index contributed by atoms with van der Waals surface area (Å²) in [6.45, 7) is 4.19. The van der Waals surface area contributed by atoms with Gasteiger partial charge in [0, 0.05) is 13.1 Å². The minimum Gasteiger partial charge on any atom is -0.337 e. The Morgan fingerprint density at radius 1 is 1.46 bits per heavy atom. The zero-order chi connectivity index (χ0) is 16.8. The number of nitrogens with zero attached hydrogens (tertiary/aromatic N) is 3. The normalized spacial score (nSPS) is 15.2. The highest BCUT2D eigenvalue weighted by molar-refractivity contribution is 5.96. The summed E-state index contributed by atoms with van der Waals surface area (Å²) >= 11 is 0. The summed E-state index contributed by atoms with van der Waals surface area (Å²) in [7, 11) is 1.93. The molecule has 0 spiro atoms. The molecule has 2 heterocycles. The van der Waals surface area contributed by atoms with Gasteiger partial charge in [-0.3, -0.25) is 20.0 Å². The highest BCUT2D eigenvalue weighted by Crippen LogP contribution is 2.26. The third-order valence-electron chi connectivity index (χ3n) is 4.40. The van der Waals surface area contributed by atoms with E-state index in [4.69, 9.17) is 0 Å². The van der Waals surface area contributed by atoms with Crippen LogP contribution in [0.1, 0.15) is 48.8 Å². The molecule has 2 rings (SSSR count). The van der Waals surface area contributed by atoms with Crippen LogP contribution in [-0.4, -0.2) is 52.6 Å². The molecule has 0 atom stereocenters. The van der Waals surface area contributed by atoms with Gasteiger partial charge < -0.3 is 10.2 Å². The second kappa shape index (κ2) is 9.58. The van der Waals surface area contributed by atoms with Gasteiger partial charge in [0.2, 0.25) is 5.69 Å². The van der Waals surface area contributed by atoms with Gasteiger partial charge in [-0.15, -0.1) is 12.4 Å². The molecule has 1 fully saturated rings. The number of likely N-dealkylation sites (tertiary alicyclic amines) is 1. The van der Waals surface area contributed by atoms with E-state index < -0.39 is 4.92 Å². The van der Waals surface area contributed by atoms with Crippen molar-refractivity contribution in [3.8, 4) is 0 Å². The van der Waals surface area contributed by atoms with Gasteiger partial charge in [-0.2, -0.15) is 5.10 Å². The van der Waals surface area contributed by atoms with E-state index >= 15 is 0 Å². The molecule has 24 heavy (non-hydrogen) atoms. The van der Waals surface area contributed by atoms with Crippen molar-refractivity contribution in [1.82, 2.24) is 20.4 Å². The molecule has 0 bridgehead atoms. The maximum Gasteiger partial charge on any atom is 0.322 e. The molecule has 0 unspecified atom stereocenters. The lowest BCUT2D eigenvalue weighted by atomic mass is 9.93. The predicted octanol–water partition coefficient (Wildman–Crippen LogP) is 2.15. The number of hydrogen-bond donors (Lipinski definition) is 2. The highest BCUT2D eigenvalue weighted by atomic mass is 35.5. The van der Waals surface area contributed by atoms with Crippen molar-refractivity contribution in [1.29, 1.82) is 0 Å². The first-order valence-corrected chi connectivity index (χ1v) is 8.24. The molecule has 0 saturated carbocycles. The average molecular weight is 360 g/mol. The number of rotatable bonds is 7. The minimum atomic E-state index is -0.499. The fraction of sp³-hybridized carbons (Fsp3) is 0.733. The number of H-pyrrole nitrogens is 1. The van der Waals surface area contributed by atoms with Gasteiger partial charge in [-0.05, 0) is 45.2 Å². The second-order valence-corrected chi connectivity index (χ2v) is 6.03. The van der Waals surface area contributed by atoms with Crippen LogP contribution in [0.2, 0.25) is 0 Å². The zero-order valence-corrected chi connectivity index (χ0v) is 15.0. The first kappa shape index (κ1) is 20.4. The molecular weight excluding hydrogens is 334 g/mol. The van der Waals surface area contributed by atoms with Gasteiger partial charge in [0.1, 0.15) is 5.69 Å². The number of halogens is 1. The molecule has 1 aromatic rings. The summed E-state index contributed by atoms with van der Waals surface area (Å²) in [5.41, 5.74) is 0.228. The quantitative estimate of drug-likeness (QED) is 0.573. The molecule has 8 nitrogen and oxygen atoms in total. The molecule has 9 heteroatoms. The number of aryl methyl sites for hydroxylation is 1. The number of amides is 1. The van der Waals surface area contributed by atoms with Crippen molar-refractivity contribution in [2.24, 2.45) is 5.92 Å². The fourth-order valence-corrected chi connectivity index (χ4v) is 3.07. The van der Waals surface area contributed by atoms with Gasteiger partial charge >= 0.3 is 5.69 Å². The number of carbonyl (C=O) groups is 1. The van der Waals surface area contributed by atoms with Gasteiger partial charge in [0.25, 0.3) is 5.91 Å². The van der Waals surface area contributed by atoms with Crippen LogP contribution in [0.5, 0.6) is 0 Å². The van der Waals surface area contributed by atoms with Crippen LogP contribution >= 0.6 is 12.4 Å². The molecule has 2 N–H and O–H groups in total. The van der Waals surface area contributed by atoms with E-state index in [2.05, 4.69) is 15.5 Å². The van der Waals surface area contributed by atoms with E-state index in [9.17, 15) is 14.9 Å². The van der Waals surface area contributed by atoms with Crippen LogP contribution in [0.25, 0.3) is 0 Å². The van der Waals surface area contributed by atoms with Crippen LogP contribution in [0.4, 0.5) is 5.69 Å². The summed E-state index contributed by atoms with van der Waals surface area (Å²) in [5.74, 6) is 0.277. The van der Waals surface area contributed by atoms with E-state index in [0.717, 1.165) is 32.2 Å². The van der Waals surface area contributed by atoms with Gasteiger partial charge in [0.05, 0.1) is 4.92 Å². The summed E-state index contributed by atoms with van der Waals surface area (Å²) in [6.07, 6.45) is 4.25. The third-order valence-corrected chi connectivity index (χ3v) is 4.40. The molecule has 1 aromatic heterocycles. The van der Waals surface area contributed by atoms with Crippen LogP contribution in [0, 0.1) is 16.0 Å². The molecule has 1 amide bonds. The standard InChI is InChI=1S/C15H25N5O3.ClH/c1-3-4-12-14(20(22)23)13(18-17-12)15(21)19-9-6-11(7-10-19)5-8-16-2;/h11,16H,3-10H2,1-2H3,(H,17,18);1H. The zero-order valence-electron chi connectivity index (χ0n) is 14.2. The van der Waals surface area contributed by atoms with Crippen molar-refractivity contribution in [3.63, 3.8) is 0 Å². The number of aromatic nitrogens is 2. The van der Waals surface area contributed by atoms with Gasteiger partial charge in [0.15, 0.2) is 0 Å². The maximum atomic E-state index is 12.6. The highest BCUT2D eigenvalue weighted by Gasteiger charge is 2.33. The van der Waals surface area contributed by atoms with E-state index in [1.54, 1.807) is 4.90 Å². The Kier molecular flexibility index (Phi) is 8.14.